The molecule has 26 rings (SSSR count). The summed E-state index contributed by atoms with van der Waals surface area (Å²) in [6.07, 6.45) is 14.5. The van der Waals surface area contributed by atoms with Crippen molar-refractivity contribution in [1.82, 2.24) is 99.7 Å². The van der Waals surface area contributed by atoms with Crippen molar-refractivity contribution in [2.45, 2.75) is 0 Å². The van der Waals surface area contributed by atoms with Gasteiger partial charge < -0.3 is 59.8 Å². The first-order valence-corrected chi connectivity index (χ1v) is 36.5. The smallest absolute Gasteiger partial charge is 0.357 e. The van der Waals surface area contributed by atoms with Gasteiger partial charge in [0.1, 0.15) is 0 Å². The molecule has 2 radical (unpaired) electrons. The summed E-state index contributed by atoms with van der Waals surface area (Å²) in [6.45, 7) is 0. The molecular weight excluding hydrogens is 1510 g/mol. The van der Waals surface area contributed by atoms with Gasteiger partial charge in [-0.1, -0.05) is 194 Å². The monoisotopic (exact) mass is 1550 g/mol. The Morgan fingerprint density at radius 2 is 0.395 bits per heavy atom. The van der Waals surface area contributed by atoms with E-state index in [1.54, 1.807) is 24.8 Å². The average molecular weight is 1560 g/mol. The topological polar surface area (TPSA) is 263 Å². The Kier molecular flexibility index (Phi) is 14.1. The van der Waals surface area contributed by atoms with Crippen molar-refractivity contribution in [2.75, 3.05) is 0 Å². The van der Waals surface area contributed by atoms with Gasteiger partial charge >= 0.3 is 34.1 Å². The molecule has 10 aromatic heterocycles. The van der Waals surface area contributed by atoms with E-state index in [4.69, 9.17) is 79.7 Å². The summed E-state index contributed by atoms with van der Waals surface area (Å²) < 4.78 is 0. The number of rotatable bonds is 0. The predicted octanol–water partition coefficient (Wildman–Crippen LogP) is 19.1. The van der Waals surface area contributed by atoms with Crippen molar-refractivity contribution < 1.29 is 34.1 Å². The quantitative estimate of drug-likeness (QED) is 0.128. The van der Waals surface area contributed by atoms with Crippen LogP contribution in [0.1, 0.15) is 0 Å². The minimum atomic E-state index is 0. The van der Waals surface area contributed by atoms with E-state index in [1.807, 2.05) is 122 Å². The van der Waals surface area contributed by atoms with Crippen LogP contribution in [-0.4, -0.2) is 79.7 Å². The number of fused-ring (bicyclic) bond motifs is 56. The zero-order valence-electron chi connectivity index (χ0n) is 59.0. The first-order chi connectivity index (χ1) is 55.5. The molecule has 4 aliphatic heterocycles. The second kappa shape index (κ2) is 24.8. The first kappa shape index (κ1) is 65.0. The van der Waals surface area contributed by atoms with E-state index in [2.05, 4.69) is 141 Å². The van der Waals surface area contributed by atoms with E-state index in [0.717, 1.165) is 174 Å². The maximum atomic E-state index is 5.30. The first-order valence-electron chi connectivity index (χ1n) is 36.5. The van der Waals surface area contributed by atoms with Gasteiger partial charge in [0.2, 0.25) is 0 Å². The molecule has 22 aromatic rings. The normalized spacial score (nSPS) is 12.1. The van der Waals surface area contributed by atoms with E-state index >= 15 is 0 Å². The molecule has 4 aliphatic rings. The van der Waals surface area contributed by atoms with Crippen LogP contribution in [0.2, 0.25) is 0 Å². The Morgan fingerprint density at radius 1 is 0.167 bits per heavy atom. The number of hydrogen-bond acceptors (Lipinski definition) is 16. The van der Waals surface area contributed by atoms with Crippen molar-refractivity contribution in [3.05, 3.63) is 268 Å². The largest absolute Gasteiger partial charge is 2.00 e. The third-order valence-electron chi connectivity index (χ3n) is 22.1. The molecule has 12 aromatic carbocycles. The minimum absolute atomic E-state index is 0. The standard InChI is InChI=1S/C48H24N8.C44H20N12.2Cu/c1-5-13-29-25(9-1)17-21-33-37(29)45-49-41(33)54-46-39-31-15-7-3-11-27(31)19-23-35(39)43(51-46)56-48-40-32-16-8-4-12-28(32)20-24-36(40)44(52-48)55-47-38-30-14-6-2-10-26(30)18-22-34(38)42(50-47)53-45;1-5-25-33(29-17-45-13-9-21(1)29)41-49-37(25)53-42-34-26(6-2-22-10-14-46-18-30(22)34)39(50-42)55-44-36-28(8-4-24-12-16-48-20-32(24)36)40(52-44)56-43-35-27(38(51-43)54-41)7-3-23-11-15-47-19-31(23)35;;/h1-24H;1-20H;;/q2*-2;2*+2. The van der Waals surface area contributed by atoms with Crippen molar-refractivity contribution in [1.29, 1.82) is 0 Å². The molecule has 0 saturated carbocycles. The van der Waals surface area contributed by atoms with E-state index in [-0.39, 0.29) is 34.1 Å². The van der Waals surface area contributed by atoms with E-state index < -0.39 is 0 Å². The zero-order valence-corrected chi connectivity index (χ0v) is 60.8. The molecule has 534 valence electrons. The summed E-state index contributed by atoms with van der Waals surface area (Å²) in [4.78, 5) is 101. The summed E-state index contributed by atoms with van der Waals surface area (Å²) >= 11 is 0. The van der Waals surface area contributed by atoms with Crippen LogP contribution < -0.4 is 19.9 Å². The van der Waals surface area contributed by atoms with Gasteiger partial charge in [0.25, 0.3) is 0 Å². The number of aromatic nitrogens is 20. The van der Waals surface area contributed by atoms with Crippen molar-refractivity contribution in [3.63, 3.8) is 0 Å². The third kappa shape index (κ3) is 9.63. The molecule has 20 nitrogen and oxygen atoms in total. The molecule has 14 heterocycles. The zero-order chi connectivity index (χ0) is 73.0. The van der Waals surface area contributed by atoms with Crippen LogP contribution >= 0.6 is 0 Å². The van der Waals surface area contributed by atoms with Gasteiger partial charge in [-0.2, -0.15) is 0 Å². The average Bonchev–Trinajstić information content (AvgIpc) is 1.58. The van der Waals surface area contributed by atoms with Crippen molar-refractivity contribution in [2.24, 2.45) is 0 Å². The Balaban J connectivity index is 0.000000133. The van der Waals surface area contributed by atoms with Gasteiger partial charge in [-0.3, -0.25) is 19.9 Å². The second-order valence-electron chi connectivity index (χ2n) is 28.1. The van der Waals surface area contributed by atoms with E-state index in [9.17, 15) is 0 Å². The number of pyridine rings is 4. The summed E-state index contributed by atoms with van der Waals surface area (Å²) in [7, 11) is 0. The van der Waals surface area contributed by atoms with Gasteiger partial charge in [-0.05, 0) is 110 Å². The maximum absolute atomic E-state index is 5.30. The second-order valence-corrected chi connectivity index (χ2v) is 28.1. The van der Waals surface area contributed by atoms with Crippen LogP contribution in [0.15, 0.2) is 268 Å². The van der Waals surface area contributed by atoms with Crippen LogP contribution in [0.4, 0.5) is 0 Å². The SMILES string of the molecule is [Cu+2].[Cu+2].c1cc2ccc3c(c2cn1)-c1nc-3nc2[n-]c(nc3nc(nc4[n-]c(n1)c1ccc5ccncc5c41)-c1ccc4ccncc4c1-3)c1ccc3ccncc3c21.c1ccc2c3c(ccc2c1)-c1nc-3nc2[n-]c(nc3nc(nc4[n-]c(n1)c1c5ccccc5ccc41)-c1c-3ccc3ccccc13)c1c3ccccc3ccc21. The van der Waals surface area contributed by atoms with Crippen LogP contribution in [0.3, 0.4) is 0 Å². The number of hydrogen-bond donors (Lipinski definition) is 0. The molecule has 114 heavy (non-hydrogen) atoms. The number of nitrogens with zero attached hydrogens (tertiary/aromatic N) is 20. The summed E-state index contributed by atoms with van der Waals surface area (Å²) in [5.74, 6) is 4.01. The van der Waals surface area contributed by atoms with Gasteiger partial charge in [-0.15, -0.1) is 0 Å². The van der Waals surface area contributed by atoms with E-state index in [1.165, 1.54) is 0 Å². The Bertz CT molecular complexity index is 7480. The van der Waals surface area contributed by atoms with Crippen molar-refractivity contribution >= 4 is 174 Å². The van der Waals surface area contributed by atoms with Crippen LogP contribution in [0.5, 0.6) is 0 Å². The minimum Gasteiger partial charge on any atom is -0.357 e. The molecule has 0 spiro atoms. The molecule has 0 N–H and O–H groups in total. The van der Waals surface area contributed by atoms with Crippen molar-refractivity contribution in [3.8, 4) is 91.1 Å². The fraction of sp³-hybridized carbons (Fsp3) is 0. The fourth-order valence-electron chi connectivity index (χ4n) is 17.0. The molecule has 0 unspecified atom stereocenters. The van der Waals surface area contributed by atoms with Crippen LogP contribution in [0, 0.1) is 0 Å². The van der Waals surface area contributed by atoms with E-state index in [0.29, 0.717) is 91.8 Å². The van der Waals surface area contributed by atoms with Gasteiger partial charge in [0.05, 0.1) is 46.6 Å². The fourth-order valence-corrected chi connectivity index (χ4v) is 17.0. The van der Waals surface area contributed by atoms with Crippen LogP contribution in [-0.2, 0) is 34.1 Å². The summed E-state index contributed by atoms with van der Waals surface area (Å²) in [5, 5.41) is 23.0. The predicted molar refractivity (Wildman–Crippen MR) is 439 cm³/mol. The number of benzene rings is 12. The molecule has 0 saturated heterocycles. The van der Waals surface area contributed by atoms with Gasteiger partial charge in [-0.25, -0.2) is 19.9 Å². The molecule has 0 aliphatic carbocycles. The molecule has 0 amide bonds. The Morgan fingerprint density at radius 3 is 0.711 bits per heavy atom. The maximum Gasteiger partial charge on any atom is 2.00 e. The Hall–Kier alpha value is -14.9. The molecule has 16 bridgehead atoms. The third-order valence-corrected chi connectivity index (χ3v) is 22.1. The Labute approximate surface area is 662 Å². The molecule has 0 fully saturated rings. The van der Waals surface area contributed by atoms with Crippen LogP contribution in [0.25, 0.3) is 266 Å². The van der Waals surface area contributed by atoms with Gasteiger partial charge in [0.15, 0.2) is 0 Å². The summed E-state index contributed by atoms with van der Waals surface area (Å²) in [5.41, 5.74) is 10.8. The molecule has 22 heteroatoms. The van der Waals surface area contributed by atoms with Gasteiger partial charge in [0, 0.05) is 182 Å². The molecule has 0 atom stereocenters. The summed E-state index contributed by atoms with van der Waals surface area (Å²) in [6, 6.07) is 74.3. The molecular formula is C92H44Cu2N20.